The van der Waals surface area contributed by atoms with Gasteiger partial charge in [0, 0.05) is 6.04 Å². The third kappa shape index (κ3) is 5.70. The lowest BCUT2D eigenvalue weighted by atomic mass is 9.96. The van der Waals surface area contributed by atoms with Crippen molar-refractivity contribution in [2.24, 2.45) is 0 Å². The molecule has 0 aromatic rings. The second-order valence-electron chi connectivity index (χ2n) is 3.86. The number of rotatable bonds is 4. The van der Waals surface area contributed by atoms with Crippen molar-refractivity contribution in [2.75, 3.05) is 12.4 Å². The van der Waals surface area contributed by atoms with Crippen molar-refractivity contribution in [3.05, 3.63) is 0 Å². The van der Waals surface area contributed by atoms with E-state index in [2.05, 4.69) is 5.32 Å². The summed E-state index contributed by atoms with van der Waals surface area (Å²) in [6, 6.07) is 0.510. The SMILES string of the molecule is CCOC(=O)CSC(=S)NC1CCCCC1. The summed E-state index contributed by atoms with van der Waals surface area (Å²) in [4.78, 5) is 11.1. The average molecular weight is 261 g/mol. The van der Waals surface area contributed by atoms with Crippen molar-refractivity contribution in [1.82, 2.24) is 5.32 Å². The number of thiocarbonyl (C=S) groups is 1. The number of carbonyl (C=O) groups excluding carboxylic acids is 1. The van der Waals surface area contributed by atoms with E-state index in [1.807, 2.05) is 0 Å². The molecule has 0 aliphatic heterocycles. The molecule has 0 atom stereocenters. The summed E-state index contributed by atoms with van der Waals surface area (Å²) in [5.74, 6) is 0.118. The summed E-state index contributed by atoms with van der Waals surface area (Å²) < 4.78 is 5.56. The quantitative estimate of drug-likeness (QED) is 0.622. The molecule has 1 fully saturated rings. The summed E-state index contributed by atoms with van der Waals surface area (Å²) in [6.07, 6.45) is 6.28. The predicted octanol–water partition coefficient (Wildman–Crippen LogP) is 2.49. The summed E-state index contributed by atoms with van der Waals surface area (Å²) >= 11 is 6.55. The van der Waals surface area contributed by atoms with Crippen LogP contribution in [0.3, 0.4) is 0 Å². The van der Waals surface area contributed by atoms with Crippen LogP contribution in [0.15, 0.2) is 0 Å². The molecule has 1 rings (SSSR count). The van der Waals surface area contributed by atoms with Crippen LogP contribution in [0.25, 0.3) is 0 Å². The minimum Gasteiger partial charge on any atom is -0.465 e. The molecule has 16 heavy (non-hydrogen) atoms. The van der Waals surface area contributed by atoms with Gasteiger partial charge in [0.2, 0.25) is 0 Å². The monoisotopic (exact) mass is 261 g/mol. The lowest BCUT2D eigenvalue weighted by Crippen LogP contribution is -2.34. The largest absolute Gasteiger partial charge is 0.465 e. The Labute approximate surface area is 107 Å². The van der Waals surface area contributed by atoms with Gasteiger partial charge in [-0.2, -0.15) is 0 Å². The van der Waals surface area contributed by atoms with Gasteiger partial charge in [-0.3, -0.25) is 4.79 Å². The number of carbonyl (C=O) groups is 1. The van der Waals surface area contributed by atoms with Crippen molar-refractivity contribution in [3.63, 3.8) is 0 Å². The maximum Gasteiger partial charge on any atom is 0.316 e. The zero-order chi connectivity index (χ0) is 11.8. The highest BCUT2D eigenvalue weighted by Crippen LogP contribution is 2.18. The average Bonchev–Trinajstić information content (AvgIpc) is 2.28. The lowest BCUT2D eigenvalue weighted by Gasteiger charge is -2.23. The van der Waals surface area contributed by atoms with Gasteiger partial charge in [-0.05, 0) is 19.8 Å². The second-order valence-corrected chi connectivity index (χ2v) is 5.51. The van der Waals surface area contributed by atoms with Crippen molar-refractivity contribution >= 4 is 34.3 Å². The van der Waals surface area contributed by atoms with Crippen LogP contribution in [0.1, 0.15) is 39.0 Å². The minimum absolute atomic E-state index is 0.194. The first-order valence-electron chi connectivity index (χ1n) is 5.81. The smallest absolute Gasteiger partial charge is 0.316 e. The zero-order valence-electron chi connectivity index (χ0n) is 9.66. The molecule has 0 amide bonds. The number of ether oxygens (including phenoxy) is 1. The molecular weight excluding hydrogens is 242 g/mol. The third-order valence-corrected chi connectivity index (χ3v) is 3.79. The van der Waals surface area contributed by atoms with Crippen LogP contribution in [0, 0.1) is 0 Å². The van der Waals surface area contributed by atoms with E-state index in [0.717, 1.165) is 4.32 Å². The maximum atomic E-state index is 11.1. The van der Waals surface area contributed by atoms with Gasteiger partial charge in [0.1, 0.15) is 4.32 Å². The van der Waals surface area contributed by atoms with Gasteiger partial charge in [-0.15, -0.1) is 0 Å². The molecule has 1 aliphatic rings. The van der Waals surface area contributed by atoms with Gasteiger partial charge < -0.3 is 10.1 Å². The lowest BCUT2D eigenvalue weighted by molar-refractivity contribution is -0.139. The number of hydrogen-bond acceptors (Lipinski definition) is 4. The second kappa shape index (κ2) is 7.90. The Bertz CT molecular complexity index is 240. The summed E-state index contributed by atoms with van der Waals surface area (Å²) in [6.45, 7) is 2.24. The Morgan fingerprint density at radius 1 is 1.44 bits per heavy atom. The molecule has 0 heterocycles. The molecule has 92 valence electrons. The molecule has 0 unspecified atom stereocenters. The fraction of sp³-hybridized carbons (Fsp3) is 0.818. The van der Waals surface area contributed by atoms with Gasteiger partial charge in [0.25, 0.3) is 0 Å². The third-order valence-electron chi connectivity index (χ3n) is 2.55. The van der Waals surface area contributed by atoms with E-state index in [1.54, 1.807) is 6.92 Å². The molecule has 1 saturated carbocycles. The van der Waals surface area contributed by atoms with Gasteiger partial charge in [0.05, 0.1) is 12.4 Å². The van der Waals surface area contributed by atoms with Crippen LogP contribution < -0.4 is 5.32 Å². The number of thioether (sulfide) groups is 1. The topological polar surface area (TPSA) is 38.3 Å². The van der Waals surface area contributed by atoms with E-state index in [0.29, 0.717) is 18.4 Å². The Hall–Kier alpha value is -0.290. The zero-order valence-corrected chi connectivity index (χ0v) is 11.3. The molecule has 0 spiro atoms. The Kier molecular flexibility index (Phi) is 6.80. The Morgan fingerprint density at radius 2 is 2.12 bits per heavy atom. The fourth-order valence-corrected chi connectivity index (χ4v) is 2.71. The van der Waals surface area contributed by atoms with Crippen molar-refractivity contribution < 1.29 is 9.53 Å². The molecule has 0 aromatic carbocycles. The van der Waals surface area contributed by atoms with E-state index in [4.69, 9.17) is 17.0 Å². The number of hydrogen-bond donors (Lipinski definition) is 1. The minimum atomic E-state index is -0.194. The standard InChI is InChI=1S/C11H19NO2S2/c1-2-14-10(13)8-16-11(15)12-9-6-4-3-5-7-9/h9H,2-8H2,1H3,(H,12,15). The molecule has 1 N–H and O–H groups in total. The molecule has 1 aliphatic carbocycles. The van der Waals surface area contributed by atoms with E-state index in [-0.39, 0.29) is 5.97 Å². The van der Waals surface area contributed by atoms with Crippen LogP contribution >= 0.6 is 24.0 Å². The molecule has 0 aromatic heterocycles. The Balaban J connectivity index is 2.12. The molecule has 3 nitrogen and oxygen atoms in total. The molecule has 0 bridgehead atoms. The number of nitrogens with one attached hydrogen (secondary N) is 1. The first-order chi connectivity index (χ1) is 7.72. The molecule has 0 radical (unpaired) electrons. The fourth-order valence-electron chi connectivity index (χ4n) is 1.78. The van der Waals surface area contributed by atoms with E-state index in [9.17, 15) is 4.79 Å². The van der Waals surface area contributed by atoms with E-state index in [1.165, 1.54) is 43.9 Å². The molecule has 5 heteroatoms. The maximum absolute atomic E-state index is 11.1. The van der Waals surface area contributed by atoms with Crippen LogP contribution in [-0.4, -0.2) is 28.7 Å². The highest BCUT2D eigenvalue weighted by Gasteiger charge is 2.14. The van der Waals surface area contributed by atoms with Gasteiger partial charge in [-0.1, -0.05) is 43.2 Å². The van der Waals surface area contributed by atoms with E-state index < -0.39 is 0 Å². The van der Waals surface area contributed by atoms with Gasteiger partial charge in [-0.25, -0.2) is 0 Å². The predicted molar refractivity (Wildman–Crippen MR) is 71.7 cm³/mol. The highest BCUT2D eigenvalue weighted by molar-refractivity contribution is 8.23. The van der Waals surface area contributed by atoms with Gasteiger partial charge >= 0.3 is 5.97 Å². The van der Waals surface area contributed by atoms with Crippen molar-refractivity contribution in [3.8, 4) is 0 Å². The molecular formula is C11H19NO2S2. The Morgan fingerprint density at radius 3 is 2.75 bits per heavy atom. The van der Waals surface area contributed by atoms with E-state index >= 15 is 0 Å². The summed E-state index contributed by atoms with van der Waals surface area (Å²) in [5.41, 5.74) is 0. The van der Waals surface area contributed by atoms with Gasteiger partial charge in [0.15, 0.2) is 0 Å². The van der Waals surface area contributed by atoms with Crippen LogP contribution in [-0.2, 0) is 9.53 Å². The summed E-state index contributed by atoms with van der Waals surface area (Å²) in [5, 5.41) is 3.30. The first-order valence-corrected chi connectivity index (χ1v) is 7.20. The van der Waals surface area contributed by atoms with Crippen molar-refractivity contribution in [2.45, 2.75) is 45.1 Å². The highest BCUT2D eigenvalue weighted by atomic mass is 32.2. The van der Waals surface area contributed by atoms with Crippen LogP contribution in [0.2, 0.25) is 0 Å². The summed E-state index contributed by atoms with van der Waals surface area (Å²) in [7, 11) is 0. The van der Waals surface area contributed by atoms with Crippen LogP contribution in [0.4, 0.5) is 0 Å². The molecule has 0 saturated heterocycles. The number of esters is 1. The normalized spacial score (nSPS) is 16.8. The first kappa shape index (κ1) is 13.8. The van der Waals surface area contributed by atoms with Crippen molar-refractivity contribution in [1.29, 1.82) is 0 Å². The van der Waals surface area contributed by atoms with Crippen LogP contribution in [0.5, 0.6) is 0 Å².